The first kappa shape index (κ1) is 15.6. The molecule has 0 aliphatic heterocycles. The fourth-order valence-corrected chi connectivity index (χ4v) is 2.47. The van der Waals surface area contributed by atoms with Crippen LogP contribution < -0.4 is 5.32 Å². The van der Waals surface area contributed by atoms with Crippen LogP contribution in [0.4, 0.5) is 0 Å². The molecule has 0 aliphatic rings. The van der Waals surface area contributed by atoms with Crippen molar-refractivity contribution in [2.24, 2.45) is 11.8 Å². The number of hydrogen-bond acceptors (Lipinski definition) is 4. The van der Waals surface area contributed by atoms with Gasteiger partial charge in [0.25, 0.3) is 0 Å². The third-order valence-electron chi connectivity index (χ3n) is 3.43. The maximum atomic E-state index is 4.34. The predicted molar refractivity (Wildman–Crippen MR) is 79.9 cm³/mol. The lowest BCUT2D eigenvalue weighted by atomic mass is 10.0. The number of rotatable bonds is 8. The summed E-state index contributed by atoms with van der Waals surface area (Å²) in [5.74, 6) is 1.37. The molecule has 1 aromatic rings. The molecule has 1 rings (SSSR count). The first-order chi connectivity index (χ1) is 8.50. The number of thiazole rings is 1. The Labute approximate surface area is 116 Å². The molecule has 2 atom stereocenters. The van der Waals surface area contributed by atoms with E-state index in [2.05, 4.69) is 55.3 Å². The molecule has 2 unspecified atom stereocenters. The van der Waals surface area contributed by atoms with Crippen LogP contribution in [0.5, 0.6) is 0 Å². The zero-order chi connectivity index (χ0) is 13.5. The van der Waals surface area contributed by atoms with E-state index in [-0.39, 0.29) is 0 Å². The third kappa shape index (κ3) is 5.46. The van der Waals surface area contributed by atoms with Crippen LogP contribution in [0, 0.1) is 11.8 Å². The van der Waals surface area contributed by atoms with Crippen LogP contribution >= 0.6 is 11.3 Å². The van der Waals surface area contributed by atoms with Crippen molar-refractivity contribution in [2.45, 2.75) is 40.3 Å². The van der Waals surface area contributed by atoms with E-state index in [9.17, 15) is 0 Å². The van der Waals surface area contributed by atoms with Gasteiger partial charge in [-0.3, -0.25) is 4.90 Å². The van der Waals surface area contributed by atoms with Crippen LogP contribution in [-0.2, 0) is 6.54 Å². The van der Waals surface area contributed by atoms with Crippen molar-refractivity contribution >= 4 is 11.3 Å². The number of hydrogen-bond donors (Lipinski definition) is 1. The lowest BCUT2D eigenvalue weighted by Crippen LogP contribution is -2.39. The maximum Gasteiger partial charge on any atom is 0.0795 e. The van der Waals surface area contributed by atoms with Gasteiger partial charge < -0.3 is 5.32 Å². The largest absolute Gasteiger partial charge is 0.316 e. The van der Waals surface area contributed by atoms with Gasteiger partial charge in [-0.25, -0.2) is 4.98 Å². The highest BCUT2D eigenvalue weighted by atomic mass is 32.1. The van der Waals surface area contributed by atoms with E-state index in [1.54, 1.807) is 11.3 Å². The minimum atomic E-state index is 0.561. The summed E-state index contributed by atoms with van der Waals surface area (Å²) >= 11 is 1.67. The average Bonchev–Trinajstić information content (AvgIpc) is 2.80. The van der Waals surface area contributed by atoms with Gasteiger partial charge in [0, 0.05) is 18.0 Å². The SMILES string of the molecule is CC(C)CNCC(C)C(C)N(C)Cc1cscn1. The highest BCUT2D eigenvalue weighted by Crippen LogP contribution is 2.12. The van der Waals surface area contributed by atoms with Gasteiger partial charge in [-0.2, -0.15) is 0 Å². The third-order valence-corrected chi connectivity index (χ3v) is 4.07. The Morgan fingerprint density at radius 2 is 2.00 bits per heavy atom. The Kier molecular flexibility index (Phi) is 6.82. The predicted octanol–water partition coefficient (Wildman–Crippen LogP) is 2.85. The van der Waals surface area contributed by atoms with Gasteiger partial charge in [0.1, 0.15) is 0 Å². The molecule has 0 aliphatic carbocycles. The molecule has 0 bridgehead atoms. The summed E-state index contributed by atoms with van der Waals surface area (Å²) in [7, 11) is 2.18. The molecule has 3 nitrogen and oxygen atoms in total. The Balaban J connectivity index is 2.30. The zero-order valence-electron chi connectivity index (χ0n) is 12.3. The number of nitrogens with one attached hydrogen (secondary N) is 1. The van der Waals surface area contributed by atoms with Crippen LogP contribution in [0.15, 0.2) is 10.9 Å². The van der Waals surface area contributed by atoms with Gasteiger partial charge >= 0.3 is 0 Å². The van der Waals surface area contributed by atoms with Gasteiger partial charge in [-0.05, 0) is 38.9 Å². The van der Waals surface area contributed by atoms with E-state index in [1.165, 1.54) is 5.69 Å². The molecule has 0 saturated heterocycles. The molecule has 1 heterocycles. The van der Waals surface area contributed by atoms with Crippen LogP contribution in [0.1, 0.15) is 33.4 Å². The van der Waals surface area contributed by atoms with Crippen LogP contribution in [-0.4, -0.2) is 36.1 Å². The molecule has 0 radical (unpaired) electrons. The second-order valence-corrected chi connectivity index (χ2v) is 6.38. The van der Waals surface area contributed by atoms with Crippen molar-refractivity contribution in [2.75, 3.05) is 20.1 Å². The van der Waals surface area contributed by atoms with Crippen molar-refractivity contribution in [3.63, 3.8) is 0 Å². The highest BCUT2D eigenvalue weighted by Gasteiger charge is 2.17. The molecule has 1 aromatic heterocycles. The zero-order valence-corrected chi connectivity index (χ0v) is 13.1. The van der Waals surface area contributed by atoms with Gasteiger partial charge in [0.05, 0.1) is 11.2 Å². The molecular formula is C14H27N3S. The lowest BCUT2D eigenvalue weighted by Gasteiger charge is -2.29. The first-order valence-corrected chi connectivity index (χ1v) is 7.73. The molecule has 0 spiro atoms. The summed E-state index contributed by atoms with van der Waals surface area (Å²) in [4.78, 5) is 6.73. The van der Waals surface area contributed by atoms with E-state index in [4.69, 9.17) is 0 Å². The van der Waals surface area contributed by atoms with Gasteiger partial charge in [-0.1, -0.05) is 20.8 Å². The Morgan fingerprint density at radius 1 is 1.28 bits per heavy atom. The normalized spacial score (nSPS) is 15.3. The molecular weight excluding hydrogens is 242 g/mol. The Morgan fingerprint density at radius 3 is 2.56 bits per heavy atom. The van der Waals surface area contributed by atoms with E-state index < -0.39 is 0 Å². The molecule has 18 heavy (non-hydrogen) atoms. The van der Waals surface area contributed by atoms with E-state index in [1.807, 2.05) is 5.51 Å². The van der Waals surface area contributed by atoms with E-state index in [0.717, 1.165) is 25.6 Å². The molecule has 4 heteroatoms. The van der Waals surface area contributed by atoms with Crippen molar-refractivity contribution in [3.8, 4) is 0 Å². The molecule has 0 aromatic carbocycles. The Hall–Kier alpha value is -0.450. The fourth-order valence-electron chi connectivity index (χ4n) is 1.92. The fraction of sp³-hybridized carbons (Fsp3) is 0.786. The molecule has 0 fully saturated rings. The summed E-state index contributed by atoms with van der Waals surface area (Å²) < 4.78 is 0. The second-order valence-electron chi connectivity index (χ2n) is 5.66. The summed E-state index contributed by atoms with van der Waals surface area (Å²) in [6.45, 7) is 12.2. The number of aromatic nitrogens is 1. The van der Waals surface area contributed by atoms with E-state index in [0.29, 0.717) is 12.0 Å². The lowest BCUT2D eigenvalue weighted by molar-refractivity contribution is 0.186. The van der Waals surface area contributed by atoms with Gasteiger partial charge in [0.15, 0.2) is 0 Å². The minimum absolute atomic E-state index is 0.561. The van der Waals surface area contributed by atoms with Crippen molar-refractivity contribution in [3.05, 3.63) is 16.6 Å². The van der Waals surface area contributed by atoms with Crippen molar-refractivity contribution in [1.82, 2.24) is 15.2 Å². The highest BCUT2D eigenvalue weighted by molar-refractivity contribution is 7.07. The summed E-state index contributed by atoms with van der Waals surface area (Å²) in [5, 5.41) is 5.67. The molecule has 0 amide bonds. The van der Waals surface area contributed by atoms with Crippen LogP contribution in [0.25, 0.3) is 0 Å². The first-order valence-electron chi connectivity index (χ1n) is 6.78. The monoisotopic (exact) mass is 269 g/mol. The molecule has 104 valence electrons. The standard InChI is InChI=1S/C14H27N3S/c1-11(2)6-15-7-12(3)13(4)17(5)8-14-9-18-10-16-14/h9-13,15H,6-8H2,1-5H3. The van der Waals surface area contributed by atoms with Gasteiger partial charge in [0.2, 0.25) is 0 Å². The summed E-state index contributed by atoms with van der Waals surface area (Å²) in [6.07, 6.45) is 0. The minimum Gasteiger partial charge on any atom is -0.316 e. The van der Waals surface area contributed by atoms with Gasteiger partial charge in [-0.15, -0.1) is 11.3 Å². The maximum absolute atomic E-state index is 4.34. The topological polar surface area (TPSA) is 28.2 Å². The van der Waals surface area contributed by atoms with Crippen LogP contribution in [0.3, 0.4) is 0 Å². The van der Waals surface area contributed by atoms with Crippen molar-refractivity contribution in [1.29, 1.82) is 0 Å². The summed E-state index contributed by atoms with van der Waals surface area (Å²) in [6, 6.07) is 0.561. The Bertz CT molecular complexity index is 311. The number of nitrogens with zero attached hydrogens (tertiary/aromatic N) is 2. The molecule has 1 N–H and O–H groups in total. The van der Waals surface area contributed by atoms with E-state index >= 15 is 0 Å². The second kappa shape index (κ2) is 7.87. The molecule has 0 saturated carbocycles. The average molecular weight is 269 g/mol. The quantitative estimate of drug-likeness (QED) is 0.786. The smallest absolute Gasteiger partial charge is 0.0795 e. The summed E-state index contributed by atoms with van der Waals surface area (Å²) in [5.41, 5.74) is 3.08. The van der Waals surface area contributed by atoms with Crippen molar-refractivity contribution < 1.29 is 0 Å². The van der Waals surface area contributed by atoms with Crippen LogP contribution in [0.2, 0.25) is 0 Å².